The first kappa shape index (κ1) is 22.2. The molecule has 7 nitrogen and oxygen atoms in total. The van der Waals surface area contributed by atoms with Gasteiger partial charge >= 0.3 is 6.03 Å². The number of urea groups is 1. The minimum atomic E-state index is -3.38. The second kappa shape index (κ2) is 9.14. The van der Waals surface area contributed by atoms with E-state index in [2.05, 4.69) is 15.0 Å². The smallest absolute Gasteiger partial charge is 0.321 e. The van der Waals surface area contributed by atoms with Gasteiger partial charge in [-0.1, -0.05) is 12.1 Å². The third kappa shape index (κ3) is 5.79. The maximum absolute atomic E-state index is 12.6. The van der Waals surface area contributed by atoms with E-state index < -0.39 is 14.8 Å². The van der Waals surface area contributed by atoms with Crippen LogP contribution in [-0.2, 0) is 16.4 Å². The molecule has 0 spiro atoms. The van der Waals surface area contributed by atoms with E-state index in [1.165, 1.54) is 5.56 Å². The van der Waals surface area contributed by atoms with Crippen LogP contribution in [0.5, 0.6) is 0 Å². The van der Waals surface area contributed by atoms with E-state index in [0.717, 1.165) is 17.7 Å². The summed E-state index contributed by atoms with van der Waals surface area (Å²) < 4.78 is 26.6. The molecule has 0 atom stereocenters. The summed E-state index contributed by atoms with van der Waals surface area (Å²) in [5, 5.41) is 2.93. The zero-order chi connectivity index (χ0) is 21.8. The van der Waals surface area contributed by atoms with Crippen molar-refractivity contribution in [2.75, 3.05) is 18.4 Å². The summed E-state index contributed by atoms with van der Waals surface area (Å²) >= 11 is 0. The van der Waals surface area contributed by atoms with Crippen LogP contribution in [0, 0.1) is 0 Å². The third-order valence-corrected chi connectivity index (χ3v) is 7.53. The number of anilines is 1. The second-order valence-corrected chi connectivity index (χ2v) is 11.1. The Hall–Kier alpha value is -2.45. The number of amides is 2. The first-order valence-corrected chi connectivity index (χ1v) is 11.7. The van der Waals surface area contributed by atoms with Crippen LogP contribution >= 0.6 is 0 Å². The fourth-order valence-corrected chi connectivity index (χ4v) is 4.27. The molecule has 0 radical (unpaired) electrons. The van der Waals surface area contributed by atoms with Crippen molar-refractivity contribution in [2.45, 2.75) is 50.8 Å². The zero-order valence-electron chi connectivity index (χ0n) is 17.8. The molecule has 1 aliphatic heterocycles. The lowest BCUT2D eigenvalue weighted by Crippen LogP contribution is -2.50. The van der Waals surface area contributed by atoms with Gasteiger partial charge < -0.3 is 10.2 Å². The molecule has 30 heavy (non-hydrogen) atoms. The van der Waals surface area contributed by atoms with Crippen molar-refractivity contribution < 1.29 is 13.2 Å². The summed E-state index contributed by atoms with van der Waals surface area (Å²) in [7, 11) is -3.38. The molecule has 0 saturated carbocycles. The first-order valence-electron chi connectivity index (χ1n) is 10.2. The molecule has 2 N–H and O–H groups in total. The first-order chi connectivity index (χ1) is 14.1. The number of hydrogen-bond donors (Lipinski definition) is 2. The van der Waals surface area contributed by atoms with E-state index in [4.69, 9.17) is 0 Å². The highest BCUT2D eigenvalue weighted by Crippen LogP contribution is 2.19. The summed E-state index contributed by atoms with van der Waals surface area (Å²) in [6.07, 6.45) is 5.58. The van der Waals surface area contributed by atoms with Gasteiger partial charge in [-0.2, -0.15) is 0 Å². The molecule has 1 aliphatic rings. The summed E-state index contributed by atoms with van der Waals surface area (Å²) in [4.78, 5) is 18.3. The van der Waals surface area contributed by atoms with Crippen LogP contribution in [0.1, 0.15) is 44.7 Å². The van der Waals surface area contributed by atoms with Crippen LogP contribution in [0.2, 0.25) is 0 Å². The summed E-state index contributed by atoms with van der Waals surface area (Å²) in [6.45, 7) is 6.08. The Balaban J connectivity index is 1.49. The van der Waals surface area contributed by atoms with Crippen molar-refractivity contribution >= 4 is 21.7 Å². The van der Waals surface area contributed by atoms with Crippen LogP contribution in [0.4, 0.5) is 10.5 Å². The van der Waals surface area contributed by atoms with Crippen LogP contribution in [0.3, 0.4) is 0 Å². The number of aromatic nitrogens is 1. The molecule has 1 saturated heterocycles. The Morgan fingerprint density at radius 3 is 2.17 bits per heavy atom. The standard InChI is InChI=1S/C22H30N4O3S/c1-22(2,3)30(28,29)25-20-10-14-26(15-11-20)21(27)24-19-6-4-17(5-7-19)16-18-8-12-23-13-9-18/h4-9,12-13,20,25H,10-11,14-16H2,1-3H3,(H,24,27). The van der Waals surface area contributed by atoms with Gasteiger partial charge in [-0.3, -0.25) is 4.98 Å². The number of benzene rings is 1. The van der Waals surface area contributed by atoms with Gasteiger partial charge in [0.2, 0.25) is 10.0 Å². The predicted octanol–water partition coefficient (Wildman–Crippen LogP) is 3.39. The molecule has 3 rings (SSSR count). The van der Waals surface area contributed by atoms with Gasteiger partial charge in [0.25, 0.3) is 0 Å². The van der Waals surface area contributed by atoms with E-state index in [0.29, 0.717) is 25.9 Å². The number of sulfonamides is 1. The monoisotopic (exact) mass is 430 g/mol. The Kier molecular flexibility index (Phi) is 6.77. The lowest BCUT2D eigenvalue weighted by Gasteiger charge is -2.33. The summed E-state index contributed by atoms with van der Waals surface area (Å²) in [5.41, 5.74) is 3.09. The minimum absolute atomic E-state index is 0.134. The van der Waals surface area contributed by atoms with Gasteiger partial charge in [-0.05, 0) is 75.4 Å². The SMILES string of the molecule is CC(C)(C)S(=O)(=O)NC1CCN(C(=O)Nc2ccc(Cc3ccncc3)cc2)CC1. The van der Waals surface area contributed by atoms with Crippen LogP contribution < -0.4 is 10.0 Å². The lowest BCUT2D eigenvalue weighted by atomic mass is 10.1. The minimum Gasteiger partial charge on any atom is -0.324 e. The highest BCUT2D eigenvalue weighted by Gasteiger charge is 2.33. The number of nitrogens with one attached hydrogen (secondary N) is 2. The number of piperidine rings is 1. The second-order valence-electron chi connectivity index (χ2n) is 8.65. The molecule has 0 aliphatic carbocycles. The van der Waals surface area contributed by atoms with Crippen molar-refractivity contribution in [3.63, 3.8) is 0 Å². The number of carbonyl (C=O) groups excluding carboxylic acids is 1. The molecule has 1 aromatic carbocycles. The molecular formula is C22H30N4O3S. The number of nitrogens with zero attached hydrogens (tertiary/aromatic N) is 2. The van der Waals surface area contributed by atoms with Crippen LogP contribution in [0.25, 0.3) is 0 Å². The average molecular weight is 431 g/mol. The van der Waals surface area contributed by atoms with Crippen LogP contribution in [-0.4, -0.2) is 48.2 Å². The summed E-state index contributed by atoms with van der Waals surface area (Å²) in [6, 6.07) is 11.5. The van der Waals surface area contributed by atoms with Gasteiger partial charge in [0.05, 0.1) is 4.75 Å². The lowest BCUT2D eigenvalue weighted by molar-refractivity contribution is 0.193. The molecule has 8 heteroatoms. The highest BCUT2D eigenvalue weighted by molar-refractivity contribution is 7.90. The Morgan fingerprint density at radius 1 is 1.03 bits per heavy atom. The number of likely N-dealkylation sites (tertiary alicyclic amines) is 1. The molecular weight excluding hydrogens is 400 g/mol. The van der Waals surface area contributed by atoms with Gasteiger partial charge in [-0.25, -0.2) is 17.9 Å². The van der Waals surface area contributed by atoms with E-state index in [1.54, 1.807) is 38.1 Å². The van der Waals surface area contributed by atoms with Crippen molar-refractivity contribution in [1.82, 2.24) is 14.6 Å². The number of carbonyl (C=O) groups is 1. The third-order valence-electron chi connectivity index (χ3n) is 5.27. The topological polar surface area (TPSA) is 91.4 Å². The zero-order valence-corrected chi connectivity index (χ0v) is 18.6. The predicted molar refractivity (Wildman–Crippen MR) is 119 cm³/mol. The molecule has 162 valence electrons. The quantitative estimate of drug-likeness (QED) is 0.761. The Labute approximate surface area is 178 Å². The van der Waals surface area contributed by atoms with E-state index in [-0.39, 0.29) is 12.1 Å². The molecule has 1 aromatic heterocycles. The van der Waals surface area contributed by atoms with Gasteiger partial charge in [0, 0.05) is 37.2 Å². The maximum Gasteiger partial charge on any atom is 0.321 e. The van der Waals surface area contributed by atoms with Crippen molar-refractivity contribution in [3.05, 3.63) is 59.9 Å². The van der Waals surface area contributed by atoms with Crippen molar-refractivity contribution in [2.24, 2.45) is 0 Å². The van der Waals surface area contributed by atoms with E-state index in [9.17, 15) is 13.2 Å². The van der Waals surface area contributed by atoms with Crippen molar-refractivity contribution in [3.8, 4) is 0 Å². The normalized spacial score (nSPS) is 15.8. The number of hydrogen-bond acceptors (Lipinski definition) is 4. The fourth-order valence-electron chi connectivity index (χ4n) is 3.24. The van der Waals surface area contributed by atoms with E-state index >= 15 is 0 Å². The largest absolute Gasteiger partial charge is 0.324 e. The van der Waals surface area contributed by atoms with Gasteiger partial charge in [0.15, 0.2) is 0 Å². The molecule has 2 heterocycles. The number of rotatable bonds is 5. The molecule has 0 bridgehead atoms. The van der Waals surface area contributed by atoms with Gasteiger partial charge in [0.1, 0.15) is 0 Å². The molecule has 1 fully saturated rings. The summed E-state index contributed by atoms with van der Waals surface area (Å²) in [5.74, 6) is 0. The Bertz CT molecular complexity index is 946. The van der Waals surface area contributed by atoms with Gasteiger partial charge in [-0.15, -0.1) is 0 Å². The highest BCUT2D eigenvalue weighted by atomic mass is 32.2. The fraction of sp³-hybridized carbons (Fsp3) is 0.455. The van der Waals surface area contributed by atoms with Crippen molar-refractivity contribution in [1.29, 1.82) is 0 Å². The Morgan fingerprint density at radius 2 is 1.60 bits per heavy atom. The average Bonchev–Trinajstić information content (AvgIpc) is 2.70. The molecule has 2 aromatic rings. The molecule has 0 unspecified atom stereocenters. The maximum atomic E-state index is 12.6. The van der Waals surface area contributed by atoms with E-state index in [1.807, 2.05) is 36.4 Å². The van der Waals surface area contributed by atoms with Crippen LogP contribution in [0.15, 0.2) is 48.8 Å². The number of pyridine rings is 1. The molecule has 2 amide bonds.